The van der Waals surface area contributed by atoms with E-state index >= 15 is 0 Å². The molecule has 0 spiro atoms. The van der Waals surface area contributed by atoms with Gasteiger partial charge in [-0.3, -0.25) is 4.90 Å². The number of rotatable bonds is 3. The average molecular weight is 288 g/mol. The lowest BCUT2D eigenvalue weighted by atomic mass is 10.1. The van der Waals surface area contributed by atoms with E-state index in [4.69, 9.17) is 0 Å². The summed E-state index contributed by atoms with van der Waals surface area (Å²) in [6.45, 7) is 2.89. The molecular weight excluding hydrogens is 268 g/mol. The van der Waals surface area contributed by atoms with Crippen LogP contribution in [0.2, 0.25) is 0 Å². The first-order valence-corrected chi connectivity index (χ1v) is 7.78. The van der Waals surface area contributed by atoms with Crippen LogP contribution in [0.4, 0.5) is 5.69 Å². The normalized spacial score (nSPS) is 15.1. The number of phenolic OH excluding ortho intramolecular Hbond substituents is 1. The van der Waals surface area contributed by atoms with Crippen molar-refractivity contribution in [3.05, 3.63) is 45.6 Å². The van der Waals surface area contributed by atoms with Crippen LogP contribution in [0.25, 0.3) is 0 Å². The molecule has 1 N–H and O–H groups in total. The van der Waals surface area contributed by atoms with Crippen LogP contribution >= 0.6 is 11.3 Å². The molecule has 1 aliphatic rings. The van der Waals surface area contributed by atoms with Crippen molar-refractivity contribution in [1.82, 2.24) is 4.90 Å². The summed E-state index contributed by atoms with van der Waals surface area (Å²) in [6.07, 6.45) is 1.12. The highest BCUT2D eigenvalue weighted by molar-refractivity contribution is 7.10. The smallest absolute Gasteiger partial charge is 0.122 e. The Morgan fingerprint density at radius 2 is 2.15 bits per heavy atom. The maximum atomic E-state index is 10.2. The Labute approximate surface area is 124 Å². The summed E-state index contributed by atoms with van der Waals surface area (Å²) < 4.78 is 0. The topological polar surface area (TPSA) is 26.7 Å². The molecule has 1 aliphatic heterocycles. The second kappa shape index (κ2) is 5.46. The van der Waals surface area contributed by atoms with Gasteiger partial charge in [0, 0.05) is 55.9 Å². The first-order valence-electron chi connectivity index (χ1n) is 6.90. The summed E-state index contributed by atoms with van der Waals surface area (Å²) in [4.78, 5) is 5.88. The van der Waals surface area contributed by atoms with Crippen molar-refractivity contribution in [2.24, 2.45) is 0 Å². The van der Waals surface area contributed by atoms with Crippen molar-refractivity contribution in [3.63, 3.8) is 0 Å². The van der Waals surface area contributed by atoms with E-state index in [2.05, 4.69) is 22.4 Å². The van der Waals surface area contributed by atoms with E-state index in [-0.39, 0.29) is 0 Å². The van der Waals surface area contributed by atoms with Crippen molar-refractivity contribution in [2.45, 2.75) is 19.5 Å². The number of aromatic hydroxyl groups is 1. The minimum absolute atomic E-state index is 0.396. The molecular formula is C16H20N2OS. The van der Waals surface area contributed by atoms with Gasteiger partial charge in [-0.05, 0) is 29.5 Å². The first-order chi connectivity index (χ1) is 9.63. The van der Waals surface area contributed by atoms with Crippen molar-refractivity contribution in [3.8, 4) is 5.75 Å². The lowest BCUT2D eigenvalue weighted by Crippen LogP contribution is -2.29. The standard InChI is InChI=1S/C16H20N2OS/c1-17(2)14-4-3-13(15(19)9-14)10-18-7-5-12-6-8-20-16(12)11-18/h3-4,6,8-9,19H,5,7,10-11H2,1-2H3. The zero-order valence-corrected chi connectivity index (χ0v) is 12.8. The quantitative estimate of drug-likeness (QED) is 0.940. The lowest BCUT2D eigenvalue weighted by molar-refractivity contribution is 0.245. The van der Waals surface area contributed by atoms with E-state index < -0.39 is 0 Å². The van der Waals surface area contributed by atoms with E-state index in [9.17, 15) is 5.11 Å². The van der Waals surface area contributed by atoms with Crippen molar-refractivity contribution >= 4 is 17.0 Å². The Hall–Kier alpha value is -1.52. The molecule has 0 amide bonds. The number of hydrogen-bond donors (Lipinski definition) is 1. The van der Waals surface area contributed by atoms with Gasteiger partial charge in [-0.15, -0.1) is 11.3 Å². The maximum absolute atomic E-state index is 10.2. The summed E-state index contributed by atoms with van der Waals surface area (Å²) in [5.41, 5.74) is 3.54. The molecule has 0 aliphatic carbocycles. The zero-order valence-electron chi connectivity index (χ0n) is 12.0. The minimum atomic E-state index is 0.396. The van der Waals surface area contributed by atoms with Gasteiger partial charge in [-0.25, -0.2) is 0 Å². The second-order valence-electron chi connectivity index (χ2n) is 5.54. The molecule has 1 aromatic heterocycles. The molecule has 3 rings (SSSR count). The summed E-state index contributed by atoms with van der Waals surface area (Å²) in [6, 6.07) is 8.18. The van der Waals surface area contributed by atoms with E-state index in [0.717, 1.165) is 37.3 Å². The van der Waals surface area contributed by atoms with Crippen LogP contribution < -0.4 is 4.90 Å². The van der Waals surface area contributed by atoms with Crippen LogP contribution in [0, 0.1) is 0 Å². The fraction of sp³-hybridized carbons (Fsp3) is 0.375. The third-order valence-corrected chi connectivity index (χ3v) is 4.83. The first kappa shape index (κ1) is 13.5. The van der Waals surface area contributed by atoms with Crippen LogP contribution in [-0.4, -0.2) is 30.6 Å². The molecule has 0 saturated heterocycles. The summed E-state index contributed by atoms with van der Waals surface area (Å²) >= 11 is 1.84. The molecule has 0 atom stereocenters. The summed E-state index contributed by atoms with van der Waals surface area (Å²) in [5, 5.41) is 12.4. The zero-order chi connectivity index (χ0) is 14.1. The number of benzene rings is 1. The average Bonchev–Trinajstić information content (AvgIpc) is 2.88. The predicted octanol–water partition coefficient (Wildman–Crippen LogP) is 3.08. The highest BCUT2D eigenvalue weighted by atomic mass is 32.1. The highest BCUT2D eigenvalue weighted by Gasteiger charge is 2.18. The van der Waals surface area contributed by atoms with Gasteiger partial charge in [-0.2, -0.15) is 0 Å². The molecule has 0 bridgehead atoms. The van der Waals surface area contributed by atoms with Gasteiger partial charge in [0.2, 0.25) is 0 Å². The number of hydrogen-bond acceptors (Lipinski definition) is 4. The molecule has 4 heteroatoms. The number of phenols is 1. The SMILES string of the molecule is CN(C)c1ccc(CN2CCc3ccsc3C2)c(O)c1. The monoisotopic (exact) mass is 288 g/mol. The van der Waals surface area contributed by atoms with Crippen molar-refractivity contribution < 1.29 is 5.11 Å². The molecule has 0 saturated carbocycles. The Bertz CT molecular complexity index is 606. The van der Waals surface area contributed by atoms with Gasteiger partial charge < -0.3 is 10.0 Å². The summed E-state index contributed by atoms with van der Waals surface area (Å²) in [5.74, 6) is 0.396. The number of anilines is 1. The van der Waals surface area contributed by atoms with Crippen LogP contribution in [0.5, 0.6) is 5.75 Å². The van der Waals surface area contributed by atoms with E-state index in [0.29, 0.717) is 5.75 Å². The molecule has 3 nitrogen and oxygen atoms in total. The van der Waals surface area contributed by atoms with Crippen molar-refractivity contribution in [2.75, 3.05) is 25.5 Å². The summed E-state index contributed by atoms with van der Waals surface area (Å²) in [7, 11) is 3.97. The predicted molar refractivity (Wildman–Crippen MR) is 84.6 cm³/mol. The van der Waals surface area contributed by atoms with Crippen LogP contribution in [0.1, 0.15) is 16.0 Å². The van der Waals surface area contributed by atoms with Crippen molar-refractivity contribution in [1.29, 1.82) is 0 Å². The minimum Gasteiger partial charge on any atom is -0.508 e. The second-order valence-corrected chi connectivity index (χ2v) is 6.54. The molecule has 1 aromatic carbocycles. The molecule has 0 unspecified atom stereocenters. The van der Waals surface area contributed by atoms with E-state index in [1.165, 1.54) is 10.4 Å². The highest BCUT2D eigenvalue weighted by Crippen LogP contribution is 2.28. The fourth-order valence-corrected chi connectivity index (χ4v) is 3.60. The van der Waals surface area contributed by atoms with Crippen LogP contribution in [0.3, 0.4) is 0 Å². The number of nitrogens with zero attached hydrogens (tertiary/aromatic N) is 2. The van der Waals surface area contributed by atoms with Gasteiger partial charge >= 0.3 is 0 Å². The van der Waals surface area contributed by atoms with Gasteiger partial charge in [0.1, 0.15) is 5.75 Å². The fourth-order valence-electron chi connectivity index (χ4n) is 2.63. The molecule has 2 aromatic rings. The molecule has 0 radical (unpaired) electrons. The Morgan fingerprint density at radius 1 is 1.30 bits per heavy atom. The molecule has 106 valence electrons. The largest absolute Gasteiger partial charge is 0.508 e. The van der Waals surface area contributed by atoms with E-state index in [1.54, 1.807) is 0 Å². The Morgan fingerprint density at radius 3 is 2.90 bits per heavy atom. The molecule has 0 fully saturated rings. The van der Waals surface area contributed by atoms with Gasteiger partial charge in [0.05, 0.1) is 0 Å². The Kier molecular flexibility index (Phi) is 3.68. The number of thiophene rings is 1. The lowest BCUT2D eigenvalue weighted by Gasteiger charge is -2.27. The van der Waals surface area contributed by atoms with E-state index in [1.807, 2.05) is 42.5 Å². The maximum Gasteiger partial charge on any atom is 0.122 e. The number of fused-ring (bicyclic) bond motifs is 1. The third-order valence-electron chi connectivity index (χ3n) is 3.88. The van der Waals surface area contributed by atoms with Crippen LogP contribution in [-0.2, 0) is 19.5 Å². The van der Waals surface area contributed by atoms with Gasteiger partial charge in [0.15, 0.2) is 0 Å². The third kappa shape index (κ3) is 2.67. The van der Waals surface area contributed by atoms with Gasteiger partial charge in [-0.1, -0.05) is 6.07 Å². The molecule has 2 heterocycles. The Balaban J connectivity index is 1.73. The molecule has 20 heavy (non-hydrogen) atoms. The van der Waals surface area contributed by atoms with Gasteiger partial charge in [0.25, 0.3) is 0 Å². The van der Waals surface area contributed by atoms with Crippen LogP contribution in [0.15, 0.2) is 29.6 Å².